The Morgan fingerprint density at radius 3 is 2.18 bits per heavy atom. The van der Waals surface area contributed by atoms with Crippen molar-refractivity contribution in [1.29, 1.82) is 0 Å². The lowest BCUT2D eigenvalue weighted by Gasteiger charge is -2.43. The first-order valence-electron chi connectivity index (χ1n) is 13.5. The Bertz CT molecular complexity index is 1680. The summed E-state index contributed by atoms with van der Waals surface area (Å²) in [5.41, 5.74) is 5.28. The quantitative estimate of drug-likeness (QED) is 0.314. The van der Waals surface area contributed by atoms with Crippen molar-refractivity contribution < 1.29 is 9.59 Å². The number of aryl methyl sites for hydroxylation is 1. The van der Waals surface area contributed by atoms with Gasteiger partial charge in [-0.3, -0.25) is 19.3 Å². The van der Waals surface area contributed by atoms with E-state index in [1.165, 1.54) is 27.4 Å². The predicted octanol–water partition coefficient (Wildman–Crippen LogP) is 6.09. The van der Waals surface area contributed by atoms with Gasteiger partial charge in [-0.05, 0) is 59.9 Å². The summed E-state index contributed by atoms with van der Waals surface area (Å²) in [4.78, 5) is 45.8. The zero-order valence-corrected chi connectivity index (χ0v) is 22.9. The SMILES string of the molecule is Cc1ccc(N2C(=O)[C@H]3[C@H]4C[C@@H]([C@@H]3C2=O)[C@H]2[C@H](c3ccc(-c5ccccc5)cc3)c3sc(=O)[nH]c3S[C@H]42)cc1. The maximum absolute atomic E-state index is 13.9. The highest BCUT2D eigenvalue weighted by molar-refractivity contribution is 8.00. The molecule has 1 N–H and O–H groups in total. The van der Waals surface area contributed by atoms with Gasteiger partial charge < -0.3 is 4.98 Å². The minimum absolute atomic E-state index is 0.0345. The molecule has 39 heavy (non-hydrogen) atoms. The van der Waals surface area contributed by atoms with Crippen molar-refractivity contribution in [2.24, 2.45) is 29.6 Å². The molecule has 8 rings (SSSR count). The maximum Gasteiger partial charge on any atom is 0.305 e. The van der Waals surface area contributed by atoms with Crippen LogP contribution in [0, 0.1) is 36.5 Å². The van der Waals surface area contributed by atoms with E-state index in [2.05, 4.69) is 41.4 Å². The number of thiazole rings is 1. The average molecular weight is 551 g/mol. The van der Waals surface area contributed by atoms with Crippen molar-refractivity contribution in [2.75, 3.05) is 4.90 Å². The van der Waals surface area contributed by atoms with Crippen LogP contribution < -0.4 is 9.77 Å². The molecule has 2 saturated carbocycles. The van der Waals surface area contributed by atoms with Gasteiger partial charge >= 0.3 is 4.87 Å². The number of nitrogens with one attached hydrogen (secondary N) is 1. The molecular weight excluding hydrogens is 524 g/mol. The van der Waals surface area contributed by atoms with E-state index in [-0.39, 0.29) is 57.4 Å². The number of hydrogen-bond donors (Lipinski definition) is 1. The number of fused-ring (bicyclic) bond motifs is 9. The molecule has 4 aromatic rings. The molecule has 1 aromatic heterocycles. The summed E-state index contributed by atoms with van der Waals surface area (Å²) in [5.74, 6) is -0.160. The number of benzene rings is 3. The van der Waals surface area contributed by atoms with Crippen LogP contribution in [0.4, 0.5) is 5.69 Å². The van der Waals surface area contributed by atoms with E-state index < -0.39 is 0 Å². The fraction of sp³-hybridized carbons (Fsp3) is 0.281. The number of thioether (sulfide) groups is 1. The largest absolute Gasteiger partial charge is 0.307 e. The Labute approximate surface area is 234 Å². The zero-order chi connectivity index (χ0) is 26.4. The van der Waals surface area contributed by atoms with Gasteiger partial charge in [0.15, 0.2) is 0 Å². The molecule has 7 heteroatoms. The third-order valence-electron chi connectivity index (χ3n) is 9.39. The molecule has 0 radical (unpaired) electrons. The van der Waals surface area contributed by atoms with Gasteiger partial charge in [-0.25, -0.2) is 0 Å². The zero-order valence-electron chi connectivity index (χ0n) is 21.2. The molecule has 1 saturated heterocycles. The van der Waals surface area contributed by atoms with Crippen molar-refractivity contribution in [2.45, 2.75) is 29.5 Å². The lowest BCUT2D eigenvalue weighted by molar-refractivity contribution is -0.123. The van der Waals surface area contributed by atoms with Gasteiger partial charge in [0.05, 0.1) is 22.5 Å². The molecule has 7 atom stereocenters. The number of amides is 2. The first kappa shape index (κ1) is 23.5. The normalized spacial score (nSPS) is 30.4. The van der Waals surface area contributed by atoms with Crippen LogP contribution in [-0.4, -0.2) is 22.0 Å². The summed E-state index contributed by atoms with van der Waals surface area (Å²) >= 11 is 3.04. The average Bonchev–Trinajstić information content (AvgIpc) is 3.69. The van der Waals surface area contributed by atoms with E-state index in [0.29, 0.717) is 5.69 Å². The number of aromatic amines is 1. The third-order valence-corrected chi connectivity index (χ3v) is 12.0. The number of hydrogen-bond acceptors (Lipinski definition) is 5. The van der Waals surface area contributed by atoms with Gasteiger partial charge in [0.25, 0.3) is 0 Å². The molecule has 5 nitrogen and oxygen atoms in total. The molecule has 2 aliphatic carbocycles. The molecule has 3 aromatic carbocycles. The Kier molecular flexibility index (Phi) is 5.14. The molecule has 0 unspecified atom stereocenters. The number of H-pyrrole nitrogens is 1. The van der Waals surface area contributed by atoms with Gasteiger partial charge in [0, 0.05) is 16.0 Å². The maximum atomic E-state index is 13.9. The Hall–Kier alpha value is -3.42. The van der Waals surface area contributed by atoms with E-state index in [9.17, 15) is 14.4 Å². The van der Waals surface area contributed by atoms with Crippen LogP contribution in [0.5, 0.6) is 0 Å². The van der Waals surface area contributed by atoms with Crippen molar-refractivity contribution in [3.05, 3.63) is 105 Å². The predicted molar refractivity (Wildman–Crippen MR) is 154 cm³/mol. The second-order valence-corrected chi connectivity index (χ2v) is 13.5. The lowest BCUT2D eigenvalue weighted by Crippen LogP contribution is -2.42. The van der Waals surface area contributed by atoms with E-state index in [1.807, 2.05) is 49.4 Å². The fourth-order valence-electron chi connectivity index (χ4n) is 7.85. The highest BCUT2D eigenvalue weighted by Crippen LogP contribution is 2.68. The summed E-state index contributed by atoms with van der Waals surface area (Å²) in [6.45, 7) is 2.00. The standard InChI is InChI=1S/C32H26N2O3S2/c1-16-7-13-20(14-8-16)34-30(35)25-21-15-22(26(25)31(34)36)27-24(21)23(28-29(38-27)33-32(37)39-28)19-11-9-18(10-12-19)17-5-3-2-4-6-17/h2-14,21-27H,15H2,1H3,(H,33,37)/t21-,22-,23+,24+,25+,26+,27-/m1/s1. The number of rotatable bonds is 3. The second kappa shape index (κ2) is 8.54. The Balaban J connectivity index is 1.19. The smallest absolute Gasteiger partial charge is 0.305 e. The molecule has 2 bridgehead atoms. The van der Waals surface area contributed by atoms with Gasteiger partial charge in [0.1, 0.15) is 0 Å². The first-order chi connectivity index (χ1) is 19.0. The highest BCUT2D eigenvalue weighted by Gasteiger charge is 2.69. The monoisotopic (exact) mass is 550 g/mol. The summed E-state index contributed by atoms with van der Waals surface area (Å²) < 4.78 is 0. The molecule has 4 aliphatic rings. The lowest BCUT2D eigenvalue weighted by atomic mass is 9.68. The third kappa shape index (κ3) is 3.36. The molecule has 3 heterocycles. The number of carbonyl (C=O) groups is 2. The van der Waals surface area contributed by atoms with Crippen LogP contribution in [0.3, 0.4) is 0 Å². The minimum Gasteiger partial charge on any atom is -0.307 e. The van der Waals surface area contributed by atoms with Crippen molar-refractivity contribution in [3.8, 4) is 11.1 Å². The summed E-state index contributed by atoms with van der Waals surface area (Å²) in [5, 5.41) is 1.14. The van der Waals surface area contributed by atoms with Crippen LogP contribution in [0.15, 0.2) is 88.7 Å². The highest BCUT2D eigenvalue weighted by atomic mass is 32.2. The Morgan fingerprint density at radius 2 is 1.46 bits per heavy atom. The molecule has 0 spiro atoms. The summed E-state index contributed by atoms with van der Waals surface area (Å²) in [7, 11) is 0. The number of aromatic nitrogens is 1. The molecule has 194 valence electrons. The van der Waals surface area contributed by atoms with E-state index >= 15 is 0 Å². The van der Waals surface area contributed by atoms with Crippen LogP contribution in [0.25, 0.3) is 11.1 Å². The van der Waals surface area contributed by atoms with Gasteiger partial charge in [-0.1, -0.05) is 83.6 Å². The number of nitrogens with zero attached hydrogens (tertiary/aromatic N) is 1. The summed E-state index contributed by atoms with van der Waals surface area (Å²) in [6.07, 6.45) is 0.897. The van der Waals surface area contributed by atoms with Crippen molar-refractivity contribution >= 4 is 40.6 Å². The van der Waals surface area contributed by atoms with Gasteiger partial charge in [-0.15, -0.1) is 11.8 Å². The molecule has 2 aliphatic heterocycles. The van der Waals surface area contributed by atoms with Crippen molar-refractivity contribution in [1.82, 2.24) is 4.98 Å². The van der Waals surface area contributed by atoms with E-state index in [4.69, 9.17) is 0 Å². The minimum atomic E-state index is -0.283. The molecular formula is C32H26N2O3S2. The topological polar surface area (TPSA) is 70.2 Å². The fourth-order valence-corrected chi connectivity index (χ4v) is 10.7. The summed E-state index contributed by atoms with van der Waals surface area (Å²) in [6, 6.07) is 26.7. The molecule has 3 fully saturated rings. The van der Waals surface area contributed by atoms with Gasteiger partial charge in [-0.2, -0.15) is 0 Å². The van der Waals surface area contributed by atoms with Crippen LogP contribution in [-0.2, 0) is 9.59 Å². The Morgan fingerprint density at radius 1 is 0.795 bits per heavy atom. The van der Waals surface area contributed by atoms with Crippen LogP contribution in [0.1, 0.15) is 28.3 Å². The number of carbonyl (C=O) groups excluding carboxylic acids is 2. The first-order valence-corrected chi connectivity index (χ1v) is 15.2. The number of anilines is 1. The van der Waals surface area contributed by atoms with E-state index in [0.717, 1.165) is 27.5 Å². The number of imide groups is 1. The van der Waals surface area contributed by atoms with E-state index in [1.54, 1.807) is 11.8 Å². The molecule has 2 amide bonds. The van der Waals surface area contributed by atoms with Crippen LogP contribution >= 0.6 is 23.1 Å². The second-order valence-electron chi connectivity index (χ2n) is 11.3. The van der Waals surface area contributed by atoms with Crippen LogP contribution in [0.2, 0.25) is 0 Å². The van der Waals surface area contributed by atoms with Crippen molar-refractivity contribution in [3.63, 3.8) is 0 Å². The van der Waals surface area contributed by atoms with Gasteiger partial charge in [0.2, 0.25) is 11.8 Å².